The average molecular weight is 372 g/mol. The van der Waals surface area contributed by atoms with Gasteiger partial charge < -0.3 is 9.80 Å². The first-order valence-corrected chi connectivity index (χ1v) is 9.90. The standard InChI is InChI=1S/C22H16N2O2S/c1-22-16-9-5-4-8-15(16)21(26)24(22)19-13-6-2-3-7-14(13)20(25)23(19)12-18-17(22)10-11-27-18/h2-11,19H,12H2,1H3/t19-,22+/m1/s1. The summed E-state index contributed by atoms with van der Waals surface area (Å²) in [6.07, 6.45) is -0.377. The molecule has 3 aliphatic rings. The maximum absolute atomic E-state index is 13.6. The zero-order valence-electron chi connectivity index (χ0n) is 14.7. The van der Waals surface area contributed by atoms with Crippen LogP contribution in [0.1, 0.15) is 55.4 Å². The number of amides is 2. The van der Waals surface area contributed by atoms with Gasteiger partial charge in [0.1, 0.15) is 6.17 Å². The minimum Gasteiger partial charge on any atom is -0.309 e. The summed E-state index contributed by atoms with van der Waals surface area (Å²) < 4.78 is 0. The quantitative estimate of drug-likeness (QED) is 0.595. The van der Waals surface area contributed by atoms with Crippen molar-refractivity contribution in [2.75, 3.05) is 0 Å². The maximum Gasteiger partial charge on any atom is 0.257 e. The summed E-state index contributed by atoms with van der Waals surface area (Å²) in [7, 11) is 0. The molecule has 0 radical (unpaired) electrons. The molecule has 4 heterocycles. The van der Waals surface area contributed by atoms with Crippen molar-refractivity contribution in [3.05, 3.63) is 92.7 Å². The highest BCUT2D eigenvalue weighted by atomic mass is 32.1. The molecule has 1 aromatic heterocycles. The minimum atomic E-state index is -0.583. The Morgan fingerprint density at radius 2 is 1.67 bits per heavy atom. The van der Waals surface area contributed by atoms with Gasteiger partial charge in [0, 0.05) is 21.6 Å². The van der Waals surface area contributed by atoms with Gasteiger partial charge in [0.2, 0.25) is 0 Å². The van der Waals surface area contributed by atoms with E-state index in [0.29, 0.717) is 12.1 Å². The van der Waals surface area contributed by atoms with E-state index in [1.807, 2.05) is 58.3 Å². The van der Waals surface area contributed by atoms with Crippen molar-refractivity contribution in [1.29, 1.82) is 0 Å². The van der Waals surface area contributed by atoms with E-state index in [9.17, 15) is 9.59 Å². The highest BCUT2D eigenvalue weighted by molar-refractivity contribution is 7.10. The number of thiophene rings is 1. The molecular formula is C22H16N2O2S. The Labute approximate surface area is 160 Å². The van der Waals surface area contributed by atoms with Crippen molar-refractivity contribution in [2.45, 2.75) is 25.2 Å². The van der Waals surface area contributed by atoms with Crippen LogP contribution in [0.25, 0.3) is 0 Å². The first kappa shape index (κ1) is 15.2. The van der Waals surface area contributed by atoms with Crippen molar-refractivity contribution < 1.29 is 9.59 Å². The Bertz CT molecular complexity index is 1150. The van der Waals surface area contributed by atoms with Gasteiger partial charge in [-0.15, -0.1) is 11.3 Å². The number of fused-ring (bicyclic) bond motifs is 9. The van der Waals surface area contributed by atoms with Crippen molar-refractivity contribution >= 4 is 23.2 Å². The highest BCUT2D eigenvalue weighted by Gasteiger charge is 2.57. The molecule has 2 aromatic carbocycles. The number of hydrogen-bond donors (Lipinski definition) is 0. The van der Waals surface area contributed by atoms with Crippen LogP contribution in [0.3, 0.4) is 0 Å². The van der Waals surface area contributed by atoms with Crippen LogP contribution in [0.4, 0.5) is 0 Å². The smallest absolute Gasteiger partial charge is 0.257 e. The molecule has 0 aliphatic carbocycles. The summed E-state index contributed by atoms with van der Waals surface area (Å²) in [6.45, 7) is 2.66. The molecule has 0 saturated heterocycles. The Kier molecular flexibility index (Phi) is 2.73. The molecular weight excluding hydrogens is 356 g/mol. The summed E-state index contributed by atoms with van der Waals surface area (Å²) in [4.78, 5) is 31.7. The Morgan fingerprint density at radius 1 is 0.926 bits per heavy atom. The Morgan fingerprint density at radius 3 is 2.52 bits per heavy atom. The third-order valence-electron chi connectivity index (χ3n) is 6.24. The van der Waals surface area contributed by atoms with E-state index in [1.165, 1.54) is 0 Å². The molecule has 3 aliphatic heterocycles. The molecule has 2 atom stereocenters. The van der Waals surface area contributed by atoms with Crippen molar-refractivity contribution in [1.82, 2.24) is 9.80 Å². The third kappa shape index (κ3) is 1.64. The van der Waals surface area contributed by atoms with Gasteiger partial charge in [-0.1, -0.05) is 36.4 Å². The molecule has 6 rings (SSSR count). The van der Waals surface area contributed by atoms with Crippen LogP contribution in [0.5, 0.6) is 0 Å². The van der Waals surface area contributed by atoms with E-state index in [2.05, 4.69) is 18.4 Å². The molecule has 0 N–H and O–H groups in total. The van der Waals surface area contributed by atoms with Crippen LogP contribution in [0.15, 0.2) is 60.0 Å². The lowest BCUT2D eigenvalue weighted by Gasteiger charge is -2.40. The summed E-state index contributed by atoms with van der Waals surface area (Å²) >= 11 is 1.66. The van der Waals surface area contributed by atoms with E-state index in [0.717, 1.165) is 27.1 Å². The molecule has 27 heavy (non-hydrogen) atoms. The second-order valence-corrected chi connectivity index (χ2v) is 8.45. The fourth-order valence-corrected chi connectivity index (χ4v) is 6.00. The van der Waals surface area contributed by atoms with E-state index in [4.69, 9.17) is 0 Å². The topological polar surface area (TPSA) is 40.6 Å². The van der Waals surface area contributed by atoms with Gasteiger partial charge in [0.05, 0.1) is 12.1 Å². The monoisotopic (exact) mass is 372 g/mol. The molecule has 132 valence electrons. The van der Waals surface area contributed by atoms with E-state index in [-0.39, 0.29) is 18.0 Å². The highest BCUT2D eigenvalue weighted by Crippen LogP contribution is 2.55. The summed E-state index contributed by atoms with van der Waals surface area (Å²) in [5.41, 5.74) is 3.92. The lowest BCUT2D eigenvalue weighted by atomic mass is 9.84. The zero-order chi connectivity index (χ0) is 18.3. The molecule has 0 spiro atoms. The summed E-state index contributed by atoms with van der Waals surface area (Å²) in [5, 5.41) is 2.06. The van der Waals surface area contributed by atoms with Gasteiger partial charge in [-0.3, -0.25) is 9.59 Å². The fraction of sp³-hybridized carbons (Fsp3) is 0.182. The molecule has 0 saturated carbocycles. The van der Waals surface area contributed by atoms with Gasteiger partial charge in [-0.05, 0) is 41.6 Å². The van der Waals surface area contributed by atoms with Crippen molar-refractivity contribution in [3.63, 3.8) is 0 Å². The Balaban J connectivity index is 1.70. The molecule has 2 amide bonds. The lowest BCUT2D eigenvalue weighted by molar-refractivity contribution is 0.0138. The number of carbonyl (C=O) groups is 2. The van der Waals surface area contributed by atoms with Crippen LogP contribution in [-0.2, 0) is 12.1 Å². The molecule has 0 unspecified atom stereocenters. The lowest BCUT2D eigenvalue weighted by Crippen LogP contribution is -2.47. The third-order valence-corrected chi connectivity index (χ3v) is 7.14. The Hall–Kier alpha value is -2.92. The van der Waals surface area contributed by atoms with E-state index >= 15 is 0 Å². The van der Waals surface area contributed by atoms with Crippen LogP contribution >= 0.6 is 11.3 Å². The van der Waals surface area contributed by atoms with Gasteiger partial charge in [-0.2, -0.15) is 0 Å². The first-order valence-electron chi connectivity index (χ1n) is 9.02. The number of benzene rings is 2. The van der Waals surface area contributed by atoms with Crippen LogP contribution in [-0.4, -0.2) is 21.6 Å². The zero-order valence-corrected chi connectivity index (χ0v) is 15.5. The molecule has 4 nitrogen and oxygen atoms in total. The molecule has 5 heteroatoms. The fourth-order valence-electron chi connectivity index (χ4n) is 5.03. The normalized spacial score (nSPS) is 24.9. The number of nitrogens with zero attached hydrogens (tertiary/aromatic N) is 2. The predicted octanol–water partition coefficient (Wildman–Crippen LogP) is 4.14. The molecule has 3 aromatic rings. The van der Waals surface area contributed by atoms with Gasteiger partial charge in [-0.25, -0.2) is 0 Å². The number of hydrogen-bond acceptors (Lipinski definition) is 3. The largest absolute Gasteiger partial charge is 0.309 e. The molecule has 0 fully saturated rings. The predicted molar refractivity (Wildman–Crippen MR) is 102 cm³/mol. The van der Waals surface area contributed by atoms with Gasteiger partial charge in [0.25, 0.3) is 11.8 Å². The summed E-state index contributed by atoms with van der Waals surface area (Å²) in [5.74, 6) is -0.00499. The number of carbonyl (C=O) groups excluding carboxylic acids is 2. The van der Waals surface area contributed by atoms with Crippen LogP contribution in [0, 0.1) is 0 Å². The van der Waals surface area contributed by atoms with Crippen molar-refractivity contribution in [3.8, 4) is 0 Å². The minimum absolute atomic E-state index is 0.00274. The van der Waals surface area contributed by atoms with Crippen molar-refractivity contribution in [2.24, 2.45) is 0 Å². The van der Waals surface area contributed by atoms with Gasteiger partial charge >= 0.3 is 0 Å². The molecule has 0 bridgehead atoms. The van der Waals surface area contributed by atoms with E-state index < -0.39 is 5.54 Å². The van der Waals surface area contributed by atoms with E-state index in [1.54, 1.807) is 11.3 Å². The van der Waals surface area contributed by atoms with Gasteiger partial charge in [0.15, 0.2) is 0 Å². The van der Waals surface area contributed by atoms with Crippen LogP contribution in [0.2, 0.25) is 0 Å². The van der Waals surface area contributed by atoms with Crippen LogP contribution < -0.4 is 0 Å². The second kappa shape index (κ2) is 4.87. The SMILES string of the molecule is C[C@@]12c3ccccc3C(=O)N1[C@@H]1c3ccccc3C(=O)N1Cc1sccc12. The average Bonchev–Trinajstić information content (AvgIpc) is 3.30. The first-order chi connectivity index (χ1) is 13.1. The second-order valence-electron chi connectivity index (χ2n) is 7.44. The number of rotatable bonds is 0. The summed E-state index contributed by atoms with van der Waals surface area (Å²) in [6, 6.07) is 17.6. The maximum atomic E-state index is 13.6.